The average molecular weight is 481 g/mol. The highest BCUT2D eigenvalue weighted by Gasteiger charge is 2.26. The summed E-state index contributed by atoms with van der Waals surface area (Å²) >= 11 is 3.35. The molecule has 0 saturated carbocycles. The molecule has 2 aromatic carbocycles. The molecule has 0 aliphatic carbocycles. The minimum Gasteiger partial charge on any atom is -0.378 e. The molecule has 3 rings (SSSR count). The second kappa shape index (κ2) is 9.57. The molecule has 0 amide bonds. The minimum atomic E-state index is -3.57. The molecule has 0 spiro atoms. The molecule has 2 aromatic rings. The summed E-state index contributed by atoms with van der Waals surface area (Å²) in [5.41, 5.74) is 2.25. The zero-order chi connectivity index (χ0) is 21.0. The summed E-state index contributed by atoms with van der Waals surface area (Å²) in [5.74, 6) is 0. The Labute approximate surface area is 182 Å². The van der Waals surface area contributed by atoms with Crippen LogP contribution in [0.2, 0.25) is 0 Å². The van der Waals surface area contributed by atoms with Crippen LogP contribution in [0, 0.1) is 0 Å². The smallest absolute Gasteiger partial charge is 0.240 e. The molecule has 0 unspecified atom stereocenters. The van der Waals surface area contributed by atoms with Gasteiger partial charge >= 0.3 is 0 Å². The number of hydrogen-bond acceptors (Lipinski definition) is 5. The number of nitrogens with zero attached hydrogens (tertiary/aromatic N) is 3. The first-order chi connectivity index (χ1) is 13.8. The van der Waals surface area contributed by atoms with Crippen molar-refractivity contribution in [3.63, 3.8) is 0 Å². The van der Waals surface area contributed by atoms with E-state index in [-0.39, 0.29) is 10.9 Å². The molecule has 1 atom stereocenters. The van der Waals surface area contributed by atoms with Crippen molar-refractivity contribution in [2.24, 2.45) is 0 Å². The number of rotatable bonds is 7. The maximum absolute atomic E-state index is 12.8. The maximum Gasteiger partial charge on any atom is 0.240 e. The van der Waals surface area contributed by atoms with Crippen molar-refractivity contribution >= 4 is 31.6 Å². The second-order valence-electron chi connectivity index (χ2n) is 7.65. The van der Waals surface area contributed by atoms with Crippen LogP contribution in [-0.2, 0) is 10.0 Å². The van der Waals surface area contributed by atoms with Gasteiger partial charge in [0.15, 0.2) is 0 Å². The minimum absolute atomic E-state index is 0.00913. The van der Waals surface area contributed by atoms with Crippen molar-refractivity contribution in [2.45, 2.75) is 10.9 Å². The van der Waals surface area contributed by atoms with Crippen molar-refractivity contribution in [1.82, 2.24) is 14.5 Å². The van der Waals surface area contributed by atoms with E-state index in [9.17, 15) is 8.42 Å². The third-order valence-corrected chi connectivity index (χ3v) is 7.33. The Bertz CT molecular complexity index is 893. The van der Waals surface area contributed by atoms with E-state index in [1.807, 2.05) is 14.1 Å². The van der Waals surface area contributed by atoms with Crippen LogP contribution >= 0.6 is 15.9 Å². The molecule has 0 radical (unpaired) electrons. The molecule has 0 aromatic heterocycles. The topological polar surface area (TPSA) is 55.9 Å². The van der Waals surface area contributed by atoms with E-state index >= 15 is 0 Å². The van der Waals surface area contributed by atoms with Crippen LogP contribution in [0.1, 0.15) is 11.6 Å². The van der Waals surface area contributed by atoms with Gasteiger partial charge in [-0.05, 0) is 49.0 Å². The van der Waals surface area contributed by atoms with E-state index in [4.69, 9.17) is 0 Å². The lowest BCUT2D eigenvalue weighted by Gasteiger charge is -2.38. The van der Waals surface area contributed by atoms with Gasteiger partial charge in [0.25, 0.3) is 0 Å². The first kappa shape index (κ1) is 22.2. The Kier molecular flexibility index (Phi) is 7.34. The van der Waals surface area contributed by atoms with Crippen molar-refractivity contribution in [3.05, 3.63) is 58.6 Å². The summed E-state index contributed by atoms with van der Waals surface area (Å²) in [6.07, 6.45) is 0. The van der Waals surface area contributed by atoms with Gasteiger partial charge in [-0.2, -0.15) is 0 Å². The van der Waals surface area contributed by atoms with Gasteiger partial charge in [-0.25, -0.2) is 13.1 Å². The average Bonchev–Trinajstić information content (AvgIpc) is 2.70. The number of halogens is 1. The van der Waals surface area contributed by atoms with Crippen molar-refractivity contribution in [2.75, 3.05) is 58.8 Å². The SMILES string of the molecule is CN1CCN([C@@H](CNS(=O)(=O)c2ccc(Br)cc2)c2ccc(N(C)C)cc2)CC1. The Balaban J connectivity index is 1.80. The fourth-order valence-corrected chi connectivity index (χ4v) is 4.77. The number of anilines is 1. The monoisotopic (exact) mass is 480 g/mol. The van der Waals surface area contributed by atoms with Crippen LogP contribution in [0.3, 0.4) is 0 Å². The standard InChI is InChI=1S/C21H29BrN4O2S/c1-24(2)19-8-4-17(5-9-19)21(26-14-12-25(3)13-15-26)16-23-29(27,28)20-10-6-18(22)7-11-20/h4-11,21,23H,12-16H2,1-3H3/t21-/m0/s1. The van der Waals surface area contributed by atoms with Crippen molar-refractivity contribution in [3.8, 4) is 0 Å². The lowest BCUT2D eigenvalue weighted by molar-refractivity contribution is 0.113. The summed E-state index contributed by atoms with van der Waals surface area (Å²) in [4.78, 5) is 7.01. The molecule has 1 aliphatic heterocycles. The predicted octanol–water partition coefficient (Wildman–Crippen LogP) is 2.78. The molecule has 1 aliphatic rings. The highest BCUT2D eigenvalue weighted by molar-refractivity contribution is 9.10. The Hall–Kier alpha value is -1.45. The van der Waals surface area contributed by atoms with Crippen LogP contribution in [0.15, 0.2) is 57.9 Å². The van der Waals surface area contributed by atoms with E-state index in [2.05, 4.69) is 66.7 Å². The number of likely N-dealkylation sites (N-methyl/N-ethyl adjacent to an activating group) is 1. The zero-order valence-corrected chi connectivity index (χ0v) is 19.6. The molecular weight excluding hydrogens is 452 g/mol. The summed E-state index contributed by atoms with van der Waals surface area (Å²) < 4.78 is 29.3. The number of hydrogen-bond donors (Lipinski definition) is 1. The molecule has 8 heteroatoms. The number of nitrogens with one attached hydrogen (secondary N) is 1. The van der Waals surface area contributed by atoms with E-state index in [1.165, 1.54) is 0 Å². The number of sulfonamides is 1. The number of benzene rings is 2. The third-order valence-electron chi connectivity index (χ3n) is 5.36. The normalized spacial score (nSPS) is 17.2. The number of piperazine rings is 1. The first-order valence-corrected chi connectivity index (χ1v) is 12.0. The van der Waals surface area contributed by atoms with Gasteiger partial charge in [-0.1, -0.05) is 28.1 Å². The van der Waals surface area contributed by atoms with Gasteiger partial charge in [-0.15, -0.1) is 0 Å². The summed E-state index contributed by atoms with van der Waals surface area (Å²) in [7, 11) is 2.58. The van der Waals surface area contributed by atoms with Crippen LogP contribution < -0.4 is 9.62 Å². The molecule has 6 nitrogen and oxygen atoms in total. The molecule has 158 valence electrons. The quantitative estimate of drug-likeness (QED) is 0.660. The van der Waals surface area contributed by atoms with E-state index in [0.717, 1.165) is 41.9 Å². The lowest BCUT2D eigenvalue weighted by atomic mass is 10.0. The van der Waals surface area contributed by atoms with Gasteiger partial charge in [0.1, 0.15) is 0 Å². The summed E-state index contributed by atoms with van der Waals surface area (Å²) in [6.45, 7) is 4.12. The fourth-order valence-electron chi connectivity index (χ4n) is 3.47. The Morgan fingerprint density at radius 2 is 1.59 bits per heavy atom. The van der Waals surface area contributed by atoms with E-state index < -0.39 is 10.0 Å². The van der Waals surface area contributed by atoms with Gasteiger partial charge in [0, 0.05) is 63.0 Å². The highest BCUT2D eigenvalue weighted by Crippen LogP contribution is 2.25. The summed E-state index contributed by atoms with van der Waals surface area (Å²) in [6, 6.07) is 15.1. The molecule has 1 fully saturated rings. The van der Waals surface area contributed by atoms with E-state index in [0.29, 0.717) is 6.54 Å². The van der Waals surface area contributed by atoms with E-state index in [1.54, 1.807) is 24.3 Å². The largest absolute Gasteiger partial charge is 0.378 e. The van der Waals surface area contributed by atoms with Crippen molar-refractivity contribution < 1.29 is 8.42 Å². The molecule has 0 bridgehead atoms. The molecule has 1 saturated heterocycles. The van der Waals surface area contributed by atoms with Crippen LogP contribution in [0.25, 0.3) is 0 Å². The first-order valence-electron chi connectivity index (χ1n) is 9.71. The van der Waals surface area contributed by atoms with Gasteiger partial charge < -0.3 is 9.80 Å². The predicted molar refractivity (Wildman–Crippen MR) is 122 cm³/mol. The van der Waals surface area contributed by atoms with Gasteiger partial charge in [0.2, 0.25) is 10.0 Å². The van der Waals surface area contributed by atoms with Crippen LogP contribution in [0.4, 0.5) is 5.69 Å². The van der Waals surface area contributed by atoms with Crippen molar-refractivity contribution in [1.29, 1.82) is 0 Å². The molecule has 1 N–H and O–H groups in total. The molecule has 1 heterocycles. The molecular formula is C21H29BrN4O2S. The highest BCUT2D eigenvalue weighted by atomic mass is 79.9. The third kappa shape index (κ3) is 5.79. The Morgan fingerprint density at radius 1 is 1.00 bits per heavy atom. The van der Waals surface area contributed by atoms with Crippen LogP contribution in [0.5, 0.6) is 0 Å². The maximum atomic E-state index is 12.8. The summed E-state index contributed by atoms with van der Waals surface area (Å²) in [5, 5.41) is 0. The lowest BCUT2D eigenvalue weighted by Crippen LogP contribution is -2.48. The zero-order valence-electron chi connectivity index (χ0n) is 17.2. The van der Waals surface area contributed by atoms with Gasteiger partial charge in [0.05, 0.1) is 4.90 Å². The molecule has 29 heavy (non-hydrogen) atoms. The van der Waals surface area contributed by atoms with Crippen LogP contribution in [-0.4, -0.2) is 72.1 Å². The van der Waals surface area contributed by atoms with Gasteiger partial charge in [-0.3, -0.25) is 4.90 Å². The second-order valence-corrected chi connectivity index (χ2v) is 10.3. The fraction of sp³-hybridized carbons (Fsp3) is 0.429. The Morgan fingerprint density at radius 3 is 2.14 bits per heavy atom.